The van der Waals surface area contributed by atoms with Crippen LogP contribution in [0, 0.1) is 19.7 Å². The van der Waals surface area contributed by atoms with E-state index in [4.69, 9.17) is 24.4 Å². The zero-order valence-electron chi connectivity index (χ0n) is 52.4. The Bertz CT molecular complexity index is 3600. The Kier molecular flexibility index (Phi) is 18.0. The summed E-state index contributed by atoms with van der Waals surface area (Å²) in [5.74, 6) is 1.34. The van der Waals surface area contributed by atoms with Crippen LogP contribution >= 0.6 is 0 Å². The molecule has 2 aromatic carbocycles. The predicted molar refractivity (Wildman–Crippen MR) is 332 cm³/mol. The number of hydrogen-bond donors (Lipinski definition) is 2. The molecule has 2 N–H and O–H groups in total. The zero-order valence-corrected chi connectivity index (χ0v) is 53.2. The van der Waals surface area contributed by atoms with Crippen LogP contribution in [0.25, 0.3) is 10.9 Å². The summed E-state index contributed by atoms with van der Waals surface area (Å²) >= 11 is 0. The highest BCUT2D eigenvalue weighted by Gasteiger charge is 2.44. The maximum atomic E-state index is 14.7. The number of amides is 3. The molecule has 0 aliphatic carbocycles. The van der Waals surface area contributed by atoms with Crippen LogP contribution in [0.3, 0.4) is 0 Å². The molecule has 3 atom stereocenters. The number of nitrogens with zero attached hydrogens (tertiary/aromatic N) is 13. The van der Waals surface area contributed by atoms with Crippen molar-refractivity contribution in [3.8, 4) is 5.75 Å². The molecule has 10 rings (SSSR count). The van der Waals surface area contributed by atoms with Crippen molar-refractivity contribution < 1.29 is 36.7 Å². The molecule has 4 aromatic heterocycles. The smallest absolute Gasteiger partial charge is 0.410 e. The fourth-order valence-corrected chi connectivity index (χ4v) is 13.2. The van der Waals surface area contributed by atoms with E-state index in [0.29, 0.717) is 125 Å². The van der Waals surface area contributed by atoms with E-state index in [-0.39, 0.29) is 71.1 Å². The molecule has 466 valence electrons. The number of halogens is 1. The number of benzene rings is 2. The van der Waals surface area contributed by atoms with Crippen LogP contribution in [-0.2, 0) is 31.2 Å². The van der Waals surface area contributed by atoms with Crippen LogP contribution in [0.2, 0.25) is 0 Å². The van der Waals surface area contributed by atoms with Crippen molar-refractivity contribution in [2.75, 3.05) is 107 Å². The second-order valence-corrected chi connectivity index (χ2v) is 29.1. The van der Waals surface area contributed by atoms with Crippen molar-refractivity contribution in [2.45, 2.75) is 135 Å². The van der Waals surface area contributed by atoms with Crippen molar-refractivity contribution in [3.05, 3.63) is 107 Å². The van der Waals surface area contributed by atoms with E-state index in [1.165, 1.54) is 18.5 Å². The highest BCUT2D eigenvalue weighted by Crippen LogP contribution is 2.41. The SMILES string of the molecule is Cc1[nH]nc(Nc2ncnc3cc(OCCCN4CCN(C(=O)c5cnc(N6CCN(C[C@H]7CN(C(=O)OC(C)(C)C)[C@@H](C)CN7CC(=O)N7CC(C)(C)c8ncc(Cc9ccc(F)cc9)cc87)[C@H](C)C6)nc5)CC4)c(S(=O)(=O)C(C)(C)C)cc23)c1C. The fraction of sp³-hybridized carbons (Fsp3) is 0.540. The molecule has 6 aromatic rings. The Balaban J connectivity index is 0.728. The van der Waals surface area contributed by atoms with E-state index in [9.17, 15) is 27.2 Å². The lowest BCUT2D eigenvalue weighted by atomic mass is 9.91. The highest BCUT2D eigenvalue weighted by molar-refractivity contribution is 7.92. The molecule has 87 heavy (non-hydrogen) atoms. The lowest BCUT2D eigenvalue weighted by Gasteiger charge is -2.48. The van der Waals surface area contributed by atoms with E-state index in [2.05, 4.69) is 65.9 Å². The number of piperazine rings is 3. The number of ether oxygens (including phenoxy) is 2. The van der Waals surface area contributed by atoms with Gasteiger partial charge in [-0.25, -0.2) is 37.5 Å². The minimum atomic E-state index is -3.85. The molecule has 4 aliphatic heterocycles. The normalized spacial score (nSPS) is 19.8. The van der Waals surface area contributed by atoms with Gasteiger partial charge in [-0.2, -0.15) is 5.10 Å². The molecule has 0 bridgehead atoms. The first-order valence-corrected chi connectivity index (χ1v) is 31.7. The Morgan fingerprint density at radius 2 is 1.54 bits per heavy atom. The molecule has 0 unspecified atom stereocenters. The zero-order chi connectivity index (χ0) is 62.3. The summed E-state index contributed by atoms with van der Waals surface area (Å²) in [7, 11) is -3.85. The summed E-state index contributed by atoms with van der Waals surface area (Å²) in [5, 5.41) is 11.1. The standard InChI is InChI=1S/C63H84FN15O7S/c1-40-33-76(24-23-75(40)35-48-36-78(60(82)86-61(5,6)7)41(2)34-77(48)37-54(80)79-38-63(11,12)55-51(79)27-45(30-65-55)26-44-14-16-47(64)17-15-44)59-66-31-46(32-67-59)58(81)74-21-19-73(20-22-74)18-13-25-85-52-29-50-49(28-53(52)87(83,84)62(8,9)10)57(69-39-68-50)70-56-42(3)43(4)71-72-56/h14-17,27-32,39-41,48H,13,18-26,33-38H2,1-12H3,(H2,68,69,70,71,72)/t40-,41+,48+/m1/s1. The van der Waals surface area contributed by atoms with Gasteiger partial charge >= 0.3 is 6.09 Å². The van der Waals surface area contributed by atoms with E-state index >= 15 is 0 Å². The number of hydrogen-bond acceptors (Lipinski definition) is 18. The number of H-pyrrole nitrogens is 1. The fourth-order valence-electron chi connectivity index (χ4n) is 11.9. The number of carbonyl (C=O) groups is 3. The van der Waals surface area contributed by atoms with Crippen molar-refractivity contribution in [2.24, 2.45) is 0 Å². The van der Waals surface area contributed by atoms with Crippen LogP contribution in [0.4, 0.5) is 32.5 Å². The molecule has 8 heterocycles. The number of nitrogens with one attached hydrogen (secondary N) is 2. The third-order valence-electron chi connectivity index (χ3n) is 17.2. The molecular weight excluding hydrogens is 1130 g/mol. The predicted octanol–water partition coefficient (Wildman–Crippen LogP) is 7.57. The van der Waals surface area contributed by atoms with Crippen molar-refractivity contribution >= 4 is 61.9 Å². The van der Waals surface area contributed by atoms with Gasteiger partial charge < -0.3 is 34.4 Å². The van der Waals surface area contributed by atoms with Crippen LogP contribution in [-0.4, -0.2) is 206 Å². The Hall–Kier alpha value is -7.41. The van der Waals surface area contributed by atoms with Gasteiger partial charge in [-0.15, -0.1) is 0 Å². The minimum absolute atomic E-state index is 0.0355. The van der Waals surface area contributed by atoms with Gasteiger partial charge in [-0.1, -0.05) is 26.0 Å². The molecule has 0 saturated carbocycles. The van der Waals surface area contributed by atoms with E-state index in [1.807, 2.05) is 63.6 Å². The van der Waals surface area contributed by atoms with Gasteiger partial charge in [0, 0.05) is 143 Å². The first-order valence-electron chi connectivity index (χ1n) is 30.2. The summed E-state index contributed by atoms with van der Waals surface area (Å²) in [4.78, 5) is 80.0. The summed E-state index contributed by atoms with van der Waals surface area (Å²) in [6.45, 7) is 30.2. The number of anilines is 4. The summed E-state index contributed by atoms with van der Waals surface area (Å²) < 4.78 is 52.9. The number of aromatic amines is 1. The summed E-state index contributed by atoms with van der Waals surface area (Å²) in [5.41, 5.74) is 5.27. The first kappa shape index (κ1) is 62.6. The van der Waals surface area contributed by atoms with Crippen LogP contribution in [0.15, 0.2) is 72.3 Å². The van der Waals surface area contributed by atoms with Crippen LogP contribution in [0.5, 0.6) is 5.75 Å². The van der Waals surface area contributed by atoms with Gasteiger partial charge in [-0.3, -0.25) is 34.4 Å². The molecule has 0 spiro atoms. The van der Waals surface area contributed by atoms with Gasteiger partial charge in [0.1, 0.15) is 34.2 Å². The van der Waals surface area contributed by atoms with Crippen molar-refractivity contribution in [1.29, 1.82) is 0 Å². The molecular formula is C63H84FN15O7S. The average Bonchev–Trinajstić information content (AvgIpc) is 2.05. The van der Waals surface area contributed by atoms with Crippen molar-refractivity contribution in [3.63, 3.8) is 0 Å². The molecule has 3 saturated heterocycles. The minimum Gasteiger partial charge on any atom is -0.492 e. The number of aryl methyl sites for hydroxylation is 1. The summed E-state index contributed by atoms with van der Waals surface area (Å²) in [6.07, 6.45) is 7.31. The van der Waals surface area contributed by atoms with Crippen molar-refractivity contribution in [1.82, 2.24) is 59.6 Å². The number of sulfone groups is 1. The molecule has 3 fully saturated rings. The Labute approximate surface area is 510 Å². The average molecular weight is 1210 g/mol. The molecule has 0 radical (unpaired) electrons. The third-order valence-corrected chi connectivity index (χ3v) is 19.7. The summed E-state index contributed by atoms with van der Waals surface area (Å²) in [6, 6.07) is 11.4. The van der Waals surface area contributed by atoms with Gasteiger partial charge in [0.15, 0.2) is 15.7 Å². The topological polar surface area (TPSA) is 232 Å². The van der Waals surface area contributed by atoms with Gasteiger partial charge in [0.05, 0.1) is 40.4 Å². The quantitative estimate of drug-likeness (QED) is 0.0890. The molecule has 22 nitrogen and oxygen atoms in total. The van der Waals surface area contributed by atoms with Gasteiger partial charge in [0.25, 0.3) is 5.91 Å². The van der Waals surface area contributed by atoms with Gasteiger partial charge in [0.2, 0.25) is 11.9 Å². The number of aromatic nitrogens is 7. The molecule has 24 heteroatoms. The first-order chi connectivity index (χ1) is 41.1. The van der Waals surface area contributed by atoms with E-state index in [0.717, 1.165) is 33.8 Å². The largest absolute Gasteiger partial charge is 0.492 e. The lowest BCUT2D eigenvalue weighted by Crippen LogP contribution is -2.65. The molecule has 4 aliphatic rings. The van der Waals surface area contributed by atoms with Crippen LogP contribution < -0.4 is 19.9 Å². The van der Waals surface area contributed by atoms with Crippen LogP contribution in [0.1, 0.15) is 114 Å². The number of fused-ring (bicyclic) bond motifs is 2. The van der Waals surface area contributed by atoms with E-state index in [1.54, 1.807) is 62.3 Å². The maximum Gasteiger partial charge on any atom is 0.410 e. The Morgan fingerprint density at radius 1 is 0.816 bits per heavy atom. The second-order valence-electron chi connectivity index (χ2n) is 26.4. The van der Waals surface area contributed by atoms with E-state index < -0.39 is 20.2 Å². The second kappa shape index (κ2) is 25.0. The lowest BCUT2D eigenvalue weighted by molar-refractivity contribution is -0.121. The third kappa shape index (κ3) is 14.0. The van der Waals surface area contributed by atoms with Gasteiger partial charge in [-0.05, 0) is 117 Å². The number of carbonyl (C=O) groups excluding carboxylic acids is 3. The number of pyridine rings is 1. The Morgan fingerprint density at radius 3 is 2.21 bits per heavy atom. The highest BCUT2D eigenvalue weighted by atomic mass is 32.2. The number of rotatable bonds is 16. The molecule has 3 amide bonds. The monoisotopic (exact) mass is 1210 g/mol. The maximum absolute atomic E-state index is 14.7.